The van der Waals surface area contributed by atoms with E-state index < -0.39 is 23.7 Å². The first kappa shape index (κ1) is 28.5. The number of aromatic nitrogens is 2. The summed E-state index contributed by atoms with van der Waals surface area (Å²) in [6.07, 6.45) is 1.69. The molecular weight excluding hydrogens is 540 g/mol. The second-order valence-electron chi connectivity index (χ2n) is 10.1. The summed E-state index contributed by atoms with van der Waals surface area (Å²) in [5.41, 5.74) is 2.56. The third-order valence-corrected chi connectivity index (χ3v) is 8.78. The van der Waals surface area contributed by atoms with E-state index in [-0.39, 0.29) is 22.0 Å². The predicted octanol–water partition coefficient (Wildman–Crippen LogP) is 6.19. The van der Waals surface area contributed by atoms with Gasteiger partial charge < -0.3 is 19.9 Å². The molecule has 0 saturated heterocycles. The lowest BCUT2D eigenvalue weighted by molar-refractivity contribution is -0.192. The summed E-state index contributed by atoms with van der Waals surface area (Å²) in [5.74, 6) is -4.07. The van der Waals surface area contributed by atoms with E-state index in [1.165, 1.54) is 17.7 Å². The van der Waals surface area contributed by atoms with Gasteiger partial charge in [-0.3, -0.25) is 0 Å². The number of rotatable bonds is 4. The fourth-order valence-corrected chi connectivity index (χ4v) is 6.53. The molecule has 0 unspecified atom stereocenters. The lowest BCUT2D eigenvalue weighted by atomic mass is 9.58. The van der Waals surface area contributed by atoms with Gasteiger partial charge in [0.05, 0.1) is 23.3 Å². The Labute approximate surface area is 225 Å². The van der Waals surface area contributed by atoms with Gasteiger partial charge in [-0.05, 0) is 68.7 Å². The minimum atomic E-state index is -5.08. The molecule has 3 N–H and O–H groups in total. The maximum atomic E-state index is 13.4. The number of fused-ring (bicyclic) bond motifs is 2. The number of hydrogen-bond donors (Lipinski definition) is 3. The minimum absolute atomic E-state index is 0.0693. The maximum Gasteiger partial charge on any atom is 0.490 e. The van der Waals surface area contributed by atoms with Crippen molar-refractivity contribution in [2.45, 2.75) is 51.4 Å². The van der Waals surface area contributed by atoms with Crippen LogP contribution >= 0.6 is 11.3 Å². The van der Waals surface area contributed by atoms with E-state index in [4.69, 9.17) is 9.90 Å². The highest BCUT2D eigenvalue weighted by Crippen LogP contribution is 2.56. The number of nitrogens with zero attached hydrogens (tertiary/aromatic N) is 2. The molecule has 1 fully saturated rings. The number of imidazole rings is 1. The Morgan fingerprint density at radius 3 is 2.33 bits per heavy atom. The zero-order valence-electron chi connectivity index (χ0n) is 21.0. The van der Waals surface area contributed by atoms with Crippen LogP contribution < -0.4 is 0 Å². The Hall–Kier alpha value is -3.51. The first-order chi connectivity index (χ1) is 18.1. The van der Waals surface area contributed by atoms with Gasteiger partial charge in [0.15, 0.2) is 0 Å². The molecule has 3 heterocycles. The van der Waals surface area contributed by atoms with Gasteiger partial charge in [0.2, 0.25) is 0 Å². The minimum Gasteiger partial charge on any atom is -0.477 e. The summed E-state index contributed by atoms with van der Waals surface area (Å²) < 4.78 is 47.2. The molecule has 7 nitrogen and oxygen atoms in total. The van der Waals surface area contributed by atoms with E-state index in [0.29, 0.717) is 11.4 Å². The first-order valence-corrected chi connectivity index (χ1v) is 12.8. The number of alkyl halides is 3. The van der Waals surface area contributed by atoms with Crippen LogP contribution in [0.1, 0.15) is 53.4 Å². The maximum absolute atomic E-state index is 13.4. The fourth-order valence-electron chi connectivity index (χ4n) is 5.59. The number of hydrogen-bond acceptors (Lipinski definition) is 5. The third kappa shape index (κ3) is 5.48. The number of aromatic carboxylic acids is 1. The van der Waals surface area contributed by atoms with Gasteiger partial charge >= 0.3 is 18.1 Å². The van der Waals surface area contributed by atoms with Crippen molar-refractivity contribution >= 4 is 29.4 Å². The molecule has 3 atom stereocenters. The Kier molecular flexibility index (Phi) is 7.48. The zero-order valence-corrected chi connectivity index (χ0v) is 21.8. The number of benzene rings is 1. The number of aliphatic carboxylic acids is 1. The van der Waals surface area contributed by atoms with Gasteiger partial charge in [0, 0.05) is 28.3 Å². The van der Waals surface area contributed by atoms with Crippen LogP contribution in [-0.4, -0.2) is 43.0 Å². The zero-order chi connectivity index (χ0) is 28.8. The van der Waals surface area contributed by atoms with E-state index in [9.17, 15) is 32.6 Å². The van der Waals surface area contributed by atoms with Crippen molar-refractivity contribution in [2.24, 2.45) is 11.3 Å². The normalized spacial score (nSPS) is 21.9. The molecule has 208 valence electrons. The predicted molar refractivity (Wildman–Crippen MR) is 136 cm³/mol. The summed E-state index contributed by atoms with van der Waals surface area (Å²) >= 11 is 1.15. The average Bonchev–Trinajstić information content (AvgIpc) is 3.50. The molecule has 0 bridgehead atoms. The summed E-state index contributed by atoms with van der Waals surface area (Å²) in [7, 11) is 0. The molecule has 1 aliphatic heterocycles. The van der Waals surface area contributed by atoms with Crippen molar-refractivity contribution in [1.29, 1.82) is 0 Å². The molecule has 0 amide bonds. The molecule has 1 saturated carbocycles. The van der Waals surface area contributed by atoms with E-state index in [2.05, 4.69) is 22.6 Å². The molecule has 0 radical (unpaired) electrons. The van der Waals surface area contributed by atoms with Crippen molar-refractivity contribution in [1.82, 2.24) is 9.55 Å². The standard InChI is InChI=1S/C25H25FN2O3S.C2HF3O2/c1-24-13-28-14-27-22(15-6-8-17(26)9-7-15)18(28)12-16(24)4-3-5-20(24)25(2,31)21-11-10-19(32-21)23(29)30;3-2(4,5)1(6)7/h6-12,14,20,31H,3-5,13H2,1-2H3,(H,29,30);(H,6,7)/t20-,24-,25-;/m0./s1. The van der Waals surface area contributed by atoms with E-state index in [0.717, 1.165) is 47.6 Å². The number of carboxylic acid groups (broad SMARTS) is 2. The van der Waals surface area contributed by atoms with Crippen LogP contribution in [0.2, 0.25) is 0 Å². The molecule has 12 heteroatoms. The van der Waals surface area contributed by atoms with Crippen LogP contribution in [0.3, 0.4) is 0 Å². The highest BCUT2D eigenvalue weighted by atomic mass is 32.1. The van der Waals surface area contributed by atoms with Crippen molar-refractivity contribution in [3.63, 3.8) is 0 Å². The Morgan fingerprint density at radius 2 is 1.77 bits per heavy atom. The molecule has 39 heavy (non-hydrogen) atoms. The molecule has 3 aromatic rings. The molecule has 5 rings (SSSR count). The van der Waals surface area contributed by atoms with E-state index in [1.807, 2.05) is 13.3 Å². The number of allylic oxidation sites excluding steroid dienone is 1. The number of aliphatic hydroxyl groups is 1. The first-order valence-electron chi connectivity index (χ1n) is 12.0. The van der Waals surface area contributed by atoms with Gasteiger partial charge in [-0.1, -0.05) is 12.5 Å². The van der Waals surface area contributed by atoms with Crippen molar-refractivity contribution < 1.29 is 42.5 Å². The van der Waals surface area contributed by atoms with Gasteiger partial charge in [0.1, 0.15) is 10.7 Å². The monoisotopic (exact) mass is 566 g/mol. The third-order valence-electron chi connectivity index (χ3n) is 7.48. The lowest BCUT2D eigenvalue weighted by Gasteiger charge is -2.51. The van der Waals surface area contributed by atoms with E-state index in [1.54, 1.807) is 24.3 Å². The number of carboxylic acids is 2. The van der Waals surface area contributed by atoms with Gasteiger partial charge in [-0.25, -0.2) is 19.0 Å². The Bertz CT molecular complexity index is 1420. The summed E-state index contributed by atoms with van der Waals surface area (Å²) in [6.45, 7) is 4.69. The molecular formula is C27H26F4N2O5S. The highest BCUT2D eigenvalue weighted by molar-refractivity contribution is 7.14. The molecule has 2 aromatic heterocycles. The van der Waals surface area contributed by atoms with Crippen LogP contribution in [0.15, 0.2) is 48.3 Å². The van der Waals surface area contributed by atoms with Crippen molar-refractivity contribution in [3.05, 3.63) is 69.6 Å². The fraction of sp³-hybridized carbons (Fsp3) is 0.370. The largest absolute Gasteiger partial charge is 0.490 e. The number of halogens is 4. The molecule has 0 spiro atoms. The smallest absolute Gasteiger partial charge is 0.477 e. The van der Waals surface area contributed by atoms with Crippen LogP contribution in [0, 0.1) is 17.2 Å². The Balaban J connectivity index is 0.000000448. The van der Waals surface area contributed by atoms with Crippen LogP contribution in [0.4, 0.5) is 17.6 Å². The Morgan fingerprint density at radius 1 is 1.13 bits per heavy atom. The number of thiophene rings is 1. The topological polar surface area (TPSA) is 113 Å². The second-order valence-corrected chi connectivity index (χ2v) is 11.1. The van der Waals surface area contributed by atoms with Gasteiger partial charge in [-0.15, -0.1) is 11.3 Å². The number of carbonyl (C=O) groups is 2. The van der Waals surface area contributed by atoms with Crippen molar-refractivity contribution in [2.75, 3.05) is 0 Å². The molecule has 2 aliphatic rings. The van der Waals surface area contributed by atoms with Crippen LogP contribution in [0.25, 0.3) is 17.3 Å². The van der Waals surface area contributed by atoms with Crippen LogP contribution in [-0.2, 0) is 16.9 Å². The molecule has 1 aromatic carbocycles. The lowest BCUT2D eigenvalue weighted by Crippen LogP contribution is -2.48. The average molecular weight is 567 g/mol. The SMILES string of the molecule is C[C@]12Cn3cnc(-c4ccc(F)cc4)c3C=C1CCC[C@@H]2[C@](C)(O)c1ccc(C(=O)O)s1.O=C(O)C(F)(F)F. The quantitative estimate of drug-likeness (QED) is 0.325. The summed E-state index contributed by atoms with van der Waals surface area (Å²) in [6, 6.07) is 9.70. The van der Waals surface area contributed by atoms with Crippen molar-refractivity contribution in [3.8, 4) is 11.3 Å². The second kappa shape index (κ2) is 10.2. The van der Waals surface area contributed by atoms with Gasteiger partial charge in [0.25, 0.3) is 0 Å². The van der Waals surface area contributed by atoms with E-state index >= 15 is 0 Å². The van der Waals surface area contributed by atoms with Crippen LogP contribution in [0.5, 0.6) is 0 Å². The summed E-state index contributed by atoms with van der Waals surface area (Å²) in [5, 5.41) is 28.1. The van der Waals surface area contributed by atoms with Gasteiger partial charge in [-0.2, -0.15) is 13.2 Å². The molecule has 1 aliphatic carbocycles. The summed E-state index contributed by atoms with van der Waals surface area (Å²) in [4.78, 5) is 25.8. The highest BCUT2D eigenvalue weighted by Gasteiger charge is 2.51.